The van der Waals surface area contributed by atoms with Crippen molar-refractivity contribution in [2.24, 2.45) is 0 Å². The van der Waals surface area contributed by atoms with E-state index in [4.69, 9.17) is 9.47 Å². The molecule has 4 aliphatic heterocycles. The molecule has 0 N–H and O–H groups in total. The molecule has 0 unspecified atom stereocenters. The summed E-state index contributed by atoms with van der Waals surface area (Å²) in [4.78, 5) is 4.62. The first-order valence-electron chi connectivity index (χ1n) is 10.3. The summed E-state index contributed by atoms with van der Waals surface area (Å²) in [6, 6.07) is 0. The van der Waals surface area contributed by atoms with Crippen LogP contribution in [0.3, 0.4) is 0 Å². The Kier molecular flexibility index (Phi) is 6.75. The van der Waals surface area contributed by atoms with Gasteiger partial charge in [-0.15, -0.1) is 0 Å². The highest BCUT2D eigenvalue weighted by molar-refractivity contribution is 5.26. The van der Waals surface area contributed by atoms with Gasteiger partial charge in [-0.1, -0.05) is 24.3 Å². The van der Waals surface area contributed by atoms with Crippen LogP contribution >= 0.6 is 0 Å². The minimum Gasteiger partial charge on any atom is -0.383 e. The number of nitrogens with zero attached hydrogens (tertiary/aromatic N) is 2. The third-order valence-corrected chi connectivity index (χ3v) is 6.58. The SMILES string of the molecule is C=C1CN2CC(=C)CC2(COCC)C1.COC[C@@]12CCCN1CC(=C(F)F)C2. The van der Waals surface area contributed by atoms with E-state index >= 15 is 0 Å². The molecular formula is C22H34F2N2O2. The fraction of sp³-hybridized carbons (Fsp3) is 0.727. The summed E-state index contributed by atoms with van der Waals surface area (Å²) in [6.45, 7) is 15.9. The molecule has 0 spiro atoms. The number of halogens is 2. The second kappa shape index (κ2) is 8.74. The molecule has 0 aliphatic carbocycles. The first kappa shape index (κ1) is 21.6. The van der Waals surface area contributed by atoms with E-state index in [1.165, 1.54) is 11.1 Å². The van der Waals surface area contributed by atoms with Crippen LogP contribution in [0, 0.1) is 0 Å². The smallest absolute Gasteiger partial charge is 0.270 e. The van der Waals surface area contributed by atoms with Crippen molar-refractivity contribution in [1.82, 2.24) is 9.80 Å². The lowest BCUT2D eigenvalue weighted by Gasteiger charge is -2.30. The number of hydrogen-bond acceptors (Lipinski definition) is 4. The maximum Gasteiger partial charge on any atom is 0.270 e. The number of rotatable bonds is 5. The minimum atomic E-state index is -1.49. The molecule has 158 valence electrons. The highest BCUT2D eigenvalue weighted by Crippen LogP contribution is 2.43. The molecule has 6 heteroatoms. The molecule has 0 saturated carbocycles. The molecule has 0 aromatic carbocycles. The van der Waals surface area contributed by atoms with E-state index in [0.717, 1.165) is 58.5 Å². The molecule has 0 bridgehead atoms. The molecule has 0 aromatic heterocycles. The van der Waals surface area contributed by atoms with E-state index in [1.807, 2.05) is 0 Å². The molecule has 0 aromatic rings. The predicted molar refractivity (Wildman–Crippen MR) is 108 cm³/mol. The number of ether oxygens (including phenoxy) is 2. The van der Waals surface area contributed by atoms with Crippen molar-refractivity contribution < 1.29 is 18.3 Å². The molecule has 4 heterocycles. The summed E-state index contributed by atoms with van der Waals surface area (Å²) in [5, 5.41) is 0. The van der Waals surface area contributed by atoms with Crippen molar-refractivity contribution in [1.29, 1.82) is 0 Å². The Morgan fingerprint density at radius 2 is 1.68 bits per heavy atom. The number of hydrogen-bond donors (Lipinski definition) is 0. The maximum atomic E-state index is 12.5. The summed E-state index contributed by atoms with van der Waals surface area (Å²) in [6.07, 6.45) is 3.26. The quantitative estimate of drug-likeness (QED) is 0.656. The number of methoxy groups -OCH3 is 1. The molecule has 4 aliphatic rings. The monoisotopic (exact) mass is 396 g/mol. The molecule has 4 fully saturated rings. The molecule has 1 atom stereocenters. The van der Waals surface area contributed by atoms with Crippen molar-refractivity contribution in [2.45, 2.75) is 50.1 Å². The lowest BCUT2D eigenvalue weighted by Crippen LogP contribution is -2.42. The van der Waals surface area contributed by atoms with Crippen LogP contribution in [0.15, 0.2) is 36.0 Å². The standard InChI is InChI=1S/C12H19NO.C10H15F2NO/c1-4-14-9-12-5-10(2)7-13(12)8-11(3)6-12;1-14-7-10-3-2-4-13(10)6-8(5-10)9(11)12/h2-9H2,1H3;2-7H2,1H3/t;10-/m.0/s1. The summed E-state index contributed by atoms with van der Waals surface area (Å²) in [7, 11) is 1.64. The summed E-state index contributed by atoms with van der Waals surface area (Å²) in [5.74, 6) is 0. The van der Waals surface area contributed by atoms with Gasteiger partial charge in [0, 0.05) is 44.5 Å². The largest absolute Gasteiger partial charge is 0.383 e. The van der Waals surface area contributed by atoms with Crippen molar-refractivity contribution >= 4 is 0 Å². The van der Waals surface area contributed by atoms with Gasteiger partial charge in [0.1, 0.15) is 0 Å². The van der Waals surface area contributed by atoms with Crippen LogP contribution < -0.4 is 0 Å². The van der Waals surface area contributed by atoms with E-state index in [0.29, 0.717) is 25.1 Å². The highest BCUT2D eigenvalue weighted by atomic mass is 19.3. The van der Waals surface area contributed by atoms with Gasteiger partial charge in [0.25, 0.3) is 6.08 Å². The zero-order chi connectivity index (χ0) is 20.4. The fourth-order valence-corrected chi connectivity index (χ4v) is 5.48. The van der Waals surface area contributed by atoms with Gasteiger partial charge in [0.05, 0.1) is 18.8 Å². The first-order chi connectivity index (χ1) is 13.3. The molecule has 4 nitrogen and oxygen atoms in total. The second-order valence-corrected chi connectivity index (χ2v) is 8.79. The Labute approximate surface area is 167 Å². The average Bonchev–Trinajstić information content (AvgIpc) is 3.30. The molecule has 4 rings (SSSR count). The average molecular weight is 397 g/mol. The van der Waals surface area contributed by atoms with Gasteiger partial charge < -0.3 is 9.47 Å². The van der Waals surface area contributed by atoms with Gasteiger partial charge in [0.15, 0.2) is 0 Å². The molecular weight excluding hydrogens is 362 g/mol. The first-order valence-corrected chi connectivity index (χ1v) is 10.3. The van der Waals surface area contributed by atoms with E-state index in [1.54, 1.807) is 7.11 Å². The molecule has 0 radical (unpaired) electrons. The third-order valence-electron chi connectivity index (χ3n) is 6.58. The van der Waals surface area contributed by atoms with Crippen LogP contribution in [0.25, 0.3) is 0 Å². The van der Waals surface area contributed by atoms with E-state index < -0.39 is 6.08 Å². The Morgan fingerprint density at radius 1 is 1.00 bits per heavy atom. The second-order valence-electron chi connectivity index (χ2n) is 8.79. The lowest BCUT2D eigenvalue weighted by atomic mass is 9.92. The van der Waals surface area contributed by atoms with Crippen LogP contribution in [0.1, 0.15) is 39.0 Å². The third kappa shape index (κ3) is 4.25. The lowest BCUT2D eigenvalue weighted by molar-refractivity contribution is 0.0420. The molecule has 28 heavy (non-hydrogen) atoms. The zero-order valence-electron chi connectivity index (χ0n) is 17.4. The van der Waals surface area contributed by atoms with Crippen LogP contribution in [0.5, 0.6) is 0 Å². The molecule has 4 saturated heterocycles. The summed E-state index contributed by atoms with van der Waals surface area (Å²) < 4.78 is 35.7. The van der Waals surface area contributed by atoms with Gasteiger partial charge in [-0.05, 0) is 45.6 Å². The normalized spacial score (nSPS) is 29.1. The van der Waals surface area contributed by atoms with Crippen LogP contribution in [-0.2, 0) is 9.47 Å². The van der Waals surface area contributed by atoms with Gasteiger partial charge in [-0.25, -0.2) is 0 Å². The minimum absolute atomic E-state index is 0.118. The Hall–Kier alpha value is -1.08. The van der Waals surface area contributed by atoms with Gasteiger partial charge in [0.2, 0.25) is 0 Å². The van der Waals surface area contributed by atoms with Crippen molar-refractivity contribution in [2.75, 3.05) is 53.1 Å². The zero-order valence-corrected chi connectivity index (χ0v) is 17.4. The summed E-state index contributed by atoms with van der Waals surface area (Å²) in [5.41, 5.74) is 3.09. The molecule has 0 amide bonds. The fourth-order valence-electron chi connectivity index (χ4n) is 5.48. The van der Waals surface area contributed by atoms with Crippen LogP contribution in [0.4, 0.5) is 8.78 Å². The summed E-state index contributed by atoms with van der Waals surface area (Å²) >= 11 is 0. The topological polar surface area (TPSA) is 24.9 Å². The maximum absolute atomic E-state index is 12.5. The van der Waals surface area contributed by atoms with Gasteiger partial charge in [-0.2, -0.15) is 8.78 Å². The van der Waals surface area contributed by atoms with Crippen LogP contribution in [-0.4, -0.2) is 74.0 Å². The van der Waals surface area contributed by atoms with Crippen LogP contribution in [0.2, 0.25) is 0 Å². The number of fused-ring (bicyclic) bond motifs is 2. The van der Waals surface area contributed by atoms with E-state index in [-0.39, 0.29) is 11.1 Å². The van der Waals surface area contributed by atoms with E-state index in [2.05, 4.69) is 29.9 Å². The van der Waals surface area contributed by atoms with Crippen molar-refractivity contribution in [3.05, 3.63) is 36.0 Å². The Morgan fingerprint density at radius 3 is 2.25 bits per heavy atom. The van der Waals surface area contributed by atoms with Gasteiger partial charge in [-0.3, -0.25) is 9.80 Å². The highest BCUT2D eigenvalue weighted by Gasteiger charge is 2.48. The Bertz CT molecular complexity index is 624. The predicted octanol–water partition coefficient (Wildman–Crippen LogP) is 4.01. The van der Waals surface area contributed by atoms with E-state index in [9.17, 15) is 8.78 Å². The Balaban J connectivity index is 0.000000161. The van der Waals surface area contributed by atoms with Crippen molar-refractivity contribution in [3.8, 4) is 0 Å². The van der Waals surface area contributed by atoms with Crippen molar-refractivity contribution in [3.63, 3.8) is 0 Å². The van der Waals surface area contributed by atoms with Gasteiger partial charge >= 0.3 is 0 Å².